The van der Waals surface area contributed by atoms with Gasteiger partial charge in [0.2, 0.25) is 11.5 Å². The number of aromatic hydroxyl groups is 1. The van der Waals surface area contributed by atoms with Gasteiger partial charge in [-0.1, -0.05) is 0 Å². The molecule has 0 saturated carbocycles. The fourth-order valence-electron chi connectivity index (χ4n) is 3.23. The Hall–Kier alpha value is -5.28. The minimum atomic E-state index is -1.16. The van der Waals surface area contributed by atoms with E-state index in [-0.39, 0.29) is 28.4 Å². The van der Waals surface area contributed by atoms with Crippen LogP contribution in [0.1, 0.15) is 41.4 Å². The molecule has 0 amide bonds. The summed E-state index contributed by atoms with van der Waals surface area (Å²) in [5.74, 6) is -5.52. The van der Waals surface area contributed by atoms with E-state index in [4.69, 9.17) is 9.47 Å². The second kappa shape index (κ2) is 8.93. The molecule has 16 nitrogen and oxygen atoms in total. The quantitative estimate of drug-likeness (QED) is 0.271. The van der Waals surface area contributed by atoms with Gasteiger partial charge < -0.3 is 28.8 Å². The van der Waals surface area contributed by atoms with Crippen LogP contribution in [0, 0.1) is 20.2 Å². The Balaban J connectivity index is 0.000000196. The second-order valence-electron chi connectivity index (χ2n) is 6.45. The lowest BCUT2D eigenvalue weighted by Gasteiger charge is -2.08. The molecule has 2 aliphatic heterocycles. The minimum Gasteiger partial charge on any atom is -0.499 e. The van der Waals surface area contributed by atoms with Crippen LogP contribution in [0.4, 0.5) is 11.4 Å². The maximum Gasteiger partial charge on any atom is 0.354 e. The molecule has 0 aliphatic carbocycles. The van der Waals surface area contributed by atoms with Crippen molar-refractivity contribution in [2.24, 2.45) is 0 Å². The average molecular weight is 492 g/mol. The van der Waals surface area contributed by atoms with E-state index in [1.54, 1.807) is 0 Å². The number of benzene rings is 2. The van der Waals surface area contributed by atoms with Crippen molar-refractivity contribution >= 4 is 35.3 Å². The number of esters is 4. The van der Waals surface area contributed by atoms with Gasteiger partial charge in [0.05, 0.1) is 42.3 Å². The molecular formula is C19H12N2O14. The Morgan fingerprint density at radius 3 is 1.54 bits per heavy atom. The van der Waals surface area contributed by atoms with Crippen LogP contribution in [-0.2, 0) is 9.47 Å². The summed E-state index contributed by atoms with van der Waals surface area (Å²) in [6, 6.07) is 2.19. The number of methoxy groups -OCH3 is 3. The molecule has 1 N–H and O–H groups in total. The number of carbonyl (C=O) groups excluding carboxylic acids is 4. The van der Waals surface area contributed by atoms with Crippen molar-refractivity contribution in [1.82, 2.24) is 0 Å². The van der Waals surface area contributed by atoms with Gasteiger partial charge >= 0.3 is 35.3 Å². The molecular weight excluding hydrogens is 480 g/mol. The summed E-state index contributed by atoms with van der Waals surface area (Å²) in [4.78, 5) is 65.3. The van der Waals surface area contributed by atoms with Gasteiger partial charge in [0.25, 0.3) is 0 Å². The zero-order chi connectivity index (χ0) is 26.2. The molecule has 35 heavy (non-hydrogen) atoms. The largest absolute Gasteiger partial charge is 0.499 e. The Kier molecular flexibility index (Phi) is 6.21. The normalized spacial score (nSPS) is 13.1. The van der Waals surface area contributed by atoms with Crippen LogP contribution >= 0.6 is 0 Å². The summed E-state index contributed by atoms with van der Waals surface area (Å²) >= 11 is 0. The molecule has 0 saturated heterocycles. The first-order valence-electron chi connectivity index (χ1n) is 9.03. The third kappa shape index (κ3) is 3.88. The van der Waals surface area contributed by atoms with Gasteiger partial charge in [-0.15, -0.1) is 0 Å². The highest BCUT2D eigenvalue weighted by atomic mass is 16.6. The number of cyclic esters (lactones) is 4. The highest BCUT2D eigenvalue weighted by Gasteiger charge is 2.42. The highest BCUT2D eigenvalue weighted by molar-refractivity contribution is 6.18. The molecule has 2 aromatic carbocycles. The summed E-state index contributed by atoms with van der Waals surface area (Å²) in [6.45, 7) is 0. The lowest BCUT2D eigenvalue weighted by Crippen LogP contribution is -2.04. The van der Waals surface area contributed by atoms with Crippen molar-refractivity contribution in [3.8, 4) is 23.0 Å². The zero-order valence-electron chi connectivity index (χ0n) is 17.8. The van der Waals surface area contributed by atoms with Crippen LogP contribution in [0.5, 0.6) is 23.0 Å². The van der Waals surface area contributed by atoms with Crippen molar-refractivity contribution in [1.29, 1.82) is 0 Å². The Labute approximate surface area is 192 Å². The lowest BCUT2D eigenvalue weighted by molar-refractivity contribution is -0.386. The molecule has 2 aromatic rings. The molecule has 0 spiro atoms. The maximum atomic E-state index is 11.4. The molecule has 0 atom stereocenters. The number of phenolic OH excluding ortho intramolecular Hbond substituents is 1. The molecule has 0 aromatic heterocycles. The molecule has 0 radical (unpaired) electrons. The number of ether oxygens (including phenoxy) is 5. The monoisotopic (exact) mass is 492 g/mol. The van der Waals surface area contributed by atoms with Crippen LogP contribution in [0.25, 0.3) is 0 Å². The molecule has 0 bridgehead atoms. The number of hydrogen-bond acceptors (Lipinski definition) is 14. The highest BCUT2D eigenvalue weighted by Crippen LogP contribution is 2.44. The van der Waals surface area contributed by atoms with Gasteiger partial charge in [-0.3, -0.25) is 20.2 Å². The van der Waals surface area contributed by atoms with Gasteiger partial charge in [0.1, 0.15) is 0 Å². The number of nitro groups is 2. The first kappa shape index (κ1) is 24.4. The molecule has 0 unspecified atom stereocenters. The number of nitrogens with zero attached hydrogens (tertiary/aromatic N) is 2. The van der Waals surface area contributed by atoms with Crippen molar-refractivity contribution in [3.63, 3.8) is 0 Å². The predicted octanol–water partition coefficient (Wildman–Crippen LogP) is 1.54. The maximum absolute atomic E-state index is 11.4. The van der Waals surface area contributed by atoms with Crippen molar-refractivity contribution in [2.75, 3.05) is 21.3 Å². The van der Waals surface area contributed by atoms with E-state index in [1.807, 2.05) is 0 Å². The fourth-order valence-corrected chi connectivity index (χ4v) is 3.23. The summed E-state index contributed by atoms with van der Waals surface area (Å²) < 4.78 is 23.0. The van der Waals surface area contributed by atoms with Crippen LogP contribution in [0.15, 0.2) is 12.1 Å². The number of fused-ring (bicyclic) bond motifs is 2. The average Bonchev–Trinajstić information content (AvgIpc) is 3.25. The number of carbonyl (C=O) groups is 4. The SMILES string of the molecule is COc1cc2c(c([N+](=O)[O-])c1O)C(=O)OC2=O.COc1cc2c(c([N+](=O)[O-])c1OC)C(=O)OC2=O. The van der Waals surface area contributed by atoms with E-state index >= 15 is 0 Å². The van der Waals surface area contributed by atoms with Crippen LogP contribution < -0.4 is 14.2 Å². The van der Waals surface area contributed by atoms with E-state index in [0.29, 0.717) is 0 Å². The zero-order valence-corrected chi connectivity index (χ0v) is 17.8. The summed E-state index contributed by atoms with van der Waals surface area (Å²) in [5.41, 5.74) is -3.00. The number of hydrogen-bond donors (Lipinski definition) is 1. The Morgan fingerprint density at radius 2 is 1.14 bits per heavy atom. The van der Waals surface area contributed by atoms with E-state index in [0.717, 1.165) is 13.2 Å². The van der Waals surface area contributed by atoms with Crippen molar-refractivity contribution < 1.29 is 57.8 Å². The van der Waals surface area contributed by atoms with Gasteiger partial charge in [-0.2, -0.15) is 0 Å². The van der Waals surface area contributed by atoms with Gasteiger partial charge in [0, 0.05) is 0 Å². The van der Waals surface area contributed by atoms with Crippen molar-refractivity contribution in [3.05, 3.63) is 54.6 Å². The van der Waals surface area contributed by atoms with E-state index in [9.17, 15) is 44.5 Å². The Morgan fingerprint density at radius 1 is 0.714 bits per heavy atom. The second-order valence-corrected chi connectivity index (χ2v) is 6.45. The molecule has 2 heterocycles. The first-order valence-corrected chi connectivity index (χ1v) is 9.03. The van der Waals surface area contributed by atoms with Crippen LogP contribution in [0.2, 0.25) is 0 Å². The summed E-state index contributed by atoms with van der Waals surface area (Å²) in [6.07, 6.45) is 0. The Bertz CT molecular complexity index is 1350. The van der Waals surface area contributed by atoms with Gasteiger partial charge in [-0.25, -0.2) is 19.2 Å². The third-order valence-corrected chi connectivity index (χ3v) is 4.69. The molecule has 182 valence electrons. The van der Waals surface area contributed by atoms with Crippen LogP contribution in [-0.4, -0.2) is 60.2 Å². The van der Waals surface area contributed by atoms with Gasteiger partial charge in [-0.05, 0) is 12.1 Å². The molecule has 16 heteroatoms. The van der Waals surface area contributed by atoms with Gasteiger partial charge in [0.15, 0.2) is 22.6 Å². The predicted molar refractivity (Wildman–Crippen MR) is 107 cm³/mol. The summed E-state index contributed by atoms with van der Waals surface area (Å²) in [5, 5.41) is 31.3. The molecule has 4 rings (SSSR count). The molecule has 0 fully saturated rings. The van der Waals surface area contributed by atoms with E-state index in [1.165, 1.54) is 20.3 Å². The standard InChI is InChI=1S/C10H7NO7.C9H5NO7/c1-16-5-3-4-6(10(13)18-9(4)12)7(11(14)15)8(5)17-2;1-16-4-2-3-5(9(13)17-8(3)12)6(7(4)11)10(14)15/h3H,1-2H3;2,11H,1H3. The lowest BCUT2D eigenvalue weighted by atomic mass is 10.1. The summed E-state index contributed by atoms with van der Waals surface area (Å²) in [7, 11) is 3.61. The topological polar surface area (TPSA) is 221 Å². The van der Waals surface area contributed by atoms with Crippen LogP contribution in [0.3, 0.4) is 0 Å². The smallest absolute Gasteiger partial charge is 0.354 e. The molecule has 2 aliphatic rings. The van der Waals surface area contributed by atoms with Crippen molar-refractivity contribution in [2.45, 2.75) is 0 Å². The van der Waals surface area contributed by atoms with E-state index < -0.39 is 62.0 Å². The third-order valence-electron chi connectivity index (χ3n) is 4.69. The van der Waals surface area contributed by atoms with E-state index in [2.05, 4.69) is 14.2 Å². The number of nitro benzene ring substituents is 2. The minimum absolute atomic E-state index is 0.0189. The number of rotatable bonds is 5. The first-order chi connectivity index (χ1) is 16.5. The number of phenols is 1. The fraction of sp³-hybridized carbons (Fsp3) is 0.158.